The Bertz CT molecular complexity index is 536. The maximum atomic E-state index is 10.7. The second-order valence-corrected chi connectivity index (χ2v) is 6.35. The van der Waals surface area contributed by atoms with Crippen molar-refractivity contribution in [2.45, 2.75) is 0 Å². The maximum absolute atomic E-state index is 10.7. The highest BCUT2D eigenvalue weighted by molar-refractivity contribution is 6.18. The highest BCUT2D eigenvalue weighted by Crippen LogP contribution is 1.85. The Balaban J connectivity index is -0.000000589. The van der Waals surface area contributed by atoms with Crippen LogP contribution in [0.15, 0.2) is 38.0 Å². The summed E-state index contributed by atoms with van der Waals surface area (Å²) >= 11 is 5.19. The Morgan fingerprint density at radius 2 is 0.919 bits per heavy atom. The standard InChI is InChI=1S/C14H22O7.C5H7ClO2.C5H12O3/c1-3-13(15)20-11-9-18-7-5-17-6-8-19-10-12-21-14(16)4-2;1-2-5(7)8-4-3-6;1-7-4-5-8-3-2-6/h3-4H,1-2,5-12H2;2H,1,3-4H2;6H,2-5H2,1H3. The lowest BCUT2D eigenvalue weighted by atomic mass is 10.6. The molecule has 0 atom stereocenters. The first-order chi connectivity index (χ1) is 17.9. The summed E-state index contributed by atoms with van der Waals surface area (Å²) in [6.07, 6.45) is 3.30. The predicted octanol–water partition coefficient (Wildman–Crippen LogP) is 1.09. The third-order valence-corrected chi connectivity index (χ3v) is 3.33. The summed E-state index contributed by atoms with van der Waals surface area (Å²) in [5, 5.41) is 8.20. The fourth-order valence-corrected chi connectivity index (χ4v) is 1.65. The molecular weight excluding hydrogens is 516 g/mol. The number of rotatable bonds is 22. The second kappa shape index (κ2) is 35.8. The van der Waals surface area contributed by atoms with Gasteiger partial charge in [-0.15, -0.1) is 11.6 Å². The predicted molar refractivity (Wildman–Crippen MR) is 136 cm³/mol. The molecule has 0 fully saturated rings. The number of aliphatic hydroxyl groups is 1. The van der Waals surface area contributed by atoms with Gasteiger partial charge in [0.1, 0.15) is 19.8 Å². The van der Waals surface area contributed by atoms with Crippen molar-refractivity contribution in [3.05, 3.63) is 38.0 Å². The van der Waals surface area contributed by atoms with Crippen molar-refractivity contribution >= 4 is 29.5 Å². The van der Waals surface area contributed by atoms with Crippen LogP contribution >= 0.6 is 11.6 Å². The van der Waals surface area contributed by atoms with Crippen LogP contribution in [0.2, 0.25) is 0 Å². The molecular formula is C24H41ClO12. The Hall–Kier alpha value is -2.32. The number of carbonyl (C=O) groups excluding carboxylic acids is 3. The fourth-order valence-electron chi connectivity index (χ4n) is 1.57. The Morgan fingerprint density at radius 1 is 0.595 bits per heavy atom. The van der Waals surface area contributed by atoms with Crippen LogP contribution < -0.4 is 0 Å². The summed E-state index contributed by atoms with van der Waals surface area (Å²) in [6.45, 7) is 14.3. The van der Waals surface area contributed by atoms with Gasteiger partial charge in [0.15, 0.2) is 0 Å². The molecule has 0 saturated heterocycles. The lowest BCUT2D eigenvalue weighted by Gasteiger charge is -2.07. The quantitative estimate of drug-likeness (QED) is 0.0669. The van der Waals surface area contributed by atoms with E-state index in [1.54, 1.807) is 7.11 Å². The van der Waals surface area contributed by atoms with Gasteiger partial charge in [0.25, 0.3) is 0 Å². The van der Waals surface area contributed by atoms with Gasteiger partial charge in [-0.1, -0.05) is 19.7 Å². The summed E-state index contributed by atoms with van der Waals surface area (Å²) in [5.41, 5.74) is 0. The number of hydrogen-bond donors (Lipinski definition) is 1. The fraction of sp³-hybridized carbons (Fsp3) is 0.625. The monoisotopic (exact) mass is 556 g/mol. The van der Waals surface area contributed by atoms with E-state index in [0.717, 1.165) is 18.2 Å². The first-order valence-corrected chi connectivity index (χ1v) is 11.8. The van der Waals surface area contributed by atoms with Crippen LogP contribution in [0.3, 0.4) is 0 Å². The topological polar surface area (TPSA) is 145 Å². The Morgan fingerprint density at radius 3 is 1.24 bits per heavy atom. The first-order valence-electron chi connectivity index (χ1n) is 11.3. The number of ether oxygens (including phenoxy) is 8. The zero-order valence-electron chi connectivity index (χ0n) is 21.6. The molecule has 0 aliphatic heterocycles. The van der Waals surface area contributed by atoms with Gasteiger partial charge >= 0.3 is 17.9 Å². The maximum Gasteiger partial charge on any atom is 0.330 e. The molecule has 12 nitrogen and oxygen atoms in total. The van der Waals surface area contributed by atoms with Gasteiger partial charge in [0.2, 0.25) is 0 Å². The summed E-state index contributed by atoms with van der Waals surface area (Å²) < 4.78 is 39.0. The van der Waals surface area contributed by atoms with Gasteiger partial charge in [0, 0.05) is 25.3 Å². The van der Waals surface area contributed by atoms with E-state index in [-0.39, 0.29) is 26.4 Å². The molecule has 0 aromatic carbocycles. The average molecular weight is 557 g/mol. The zero-order chi connectivity index (χ0) is 28.4. The molecule has 1 N–H and O–H groups in total. The zero-order valence-corrected chi connectivity index (χ0v) is 22.3. The second-order valence-electron chi connectivity index (χ2n) is 5.97. The van der Waals surface area contributed by atoms with E-state index < -0.39 is 17.9 Å². The molecule has 0 rings (SSSR count). The highest BCUT2D eigenvalue weighted by atomic mass is 35.5. The highest BCUT2D eigenvalue weighted by Gasteiger charge is 1.97. The number of alkyl halides is 1. The molecule has 0 radical (unpaired) electrons. The van der Waals surface area contributed by atoms with Crippen molar-refractivity contribution < 1.29 is 57.4 Å². The minimum absolute atomic E-state index is 0.0870. The van der Waals surface area contributed by atoms with Crippen LogP contribution in [0.4, 0.5) is 0 Å². The van der Waals surface area contributed by atoms with E-state index in [0.29, 0.717) is 65.3 Å². The Labute approximate surface area is 224 Å². The van der Waals surface area contributed by atoms with Crippen LogP contribution in [-0.4, -0.2) is 122 Å². The van der Waals surface area contributed by atoms with Gasteiger partial charge < -0.3 is 43.0 Å². The minimum Gasteiger partial charge on any atom is -0.461 e. The van der Waals surface area contributed by atoms with Gasteiger partial charge in [0.05, 0.1) is 71.9 Å². The lowest BCUT2D eigenvalue weighted by molar-refractivity contribution is -0.140. The van der Waals surface area contributed by atoms with E-state index in [1.807, 2.05) is 0 Å². The summed E-state index contributed by atoms with van der Waals surface area (Å²) in [7, 11) is 1.61. The number of hydrogen-bond acceptors (Lipinski definition) is 12. The molecule has 0 saturated carbocycles. The molecule has 13 heteroatoms. The molecule has 0 amide bonds. The third kappa shape index (κ3) is 41.1. The van der Waals surface area contributed by atoms with Crippen molar-refractivity contribution in [1.82, 2.24) is 0 Å². The van der Waals surface area contributed by atoms with Crippen molar-refractivity contribution in [2.75, 3.05) is 98.9 Å². The van der Waals surface area contributed by atoms with Gasteiger partial charge in [-0.05, 0) is 0 Å². The largest absolute Gasteiger partial charge is 0.461 e. The first kappa shape index (κ1) is 39.2. The van der Waals surface area contributed by atoms with Crippen LogP contribution in [0.5, 0.6) is 0 Å². The number of halogens is 1. The van der Waals surface area contributed by atoms with E-state index in [4.69, 9.17) is 45.1 Å². The third-order valence-electron chi connectivity index (χ3n) is 3.18. The average Bonchev–Trinajstić information content (AvgIpc) is 2.92. The van der Waals surface area contributed by atoms with Gasteiger partial charge in [-0.2, -0.15) is 0 Å². The van der Waals surface area contributed by atoms with E-state index in [2.05, 4.69) is 29.2 Å². The van der Waals surface area contributed by atoms with Crippen LogP contribution in [0.1, 0.15) is 0 Å². The van der Waals surface area contributed by atoms with Crippen molar-refractivity contribution in [2.24, 2.45) is 0 Å². The summed E-state index contributed by atoms with van der Waals surface area (Å²) in [6, 6.07) is 0. The molecule has 0 aliphatic rings. The van der Waals surface area contributed by atoms with Crippen LogP contribution in [-0.2, 0) is 52.3 Å². The smallest absolute Gasteiger partial charge is 0.330 e. The van der Waals surface area contributed by atoms with Crippen molar-refractivity contribution in [3.63, 3.8) is 0 Å². The molecule has 0 aromatic rings. The molecule has 0 unspecified atom stereocenters. The molecule has 0 aliphatic carbocycles. The van der Waals surface area contributed by atoms with Gasteiger partial charge in [-0.3, -0.25) is 0 Å². The summed E-state index contributed by atoms with van der Waals surface area (Å²) in [5.74, 6) is -1.03. The number of esters is 3. The van der Waals surface area contributed by atoms with Gasteiger partial charge in [-0.25, -0.2) is 14.4 Å². The van der Waals surface area contributed by atoms with E-state index in [1.165, 1.54) is 0 Å². The Kier molecular flexibility index (Phi) is 38.0. The number of aliphatic hydroxyl groups excluding tert-OH is 1. The van der Waals surface area contributed by atoms with E-state index in [9.17, 15) is 14.4 Å². The van der Waals surface area contributed by atoms with Crippen molar-refractivity contribution in [3.8, 4) is 0 Å². The molecule has 0 heterocycles. The molecule has 0 aromatic heterocycles. The summed E-state index contributed by atoms with van der Waals surface area (Å²) in [4.78, 5) is 31.5. The number of carbonyl (C=O) groups is 3. The lowest BCUT2D eigenvalue weighted by Crippen LogP contribution is -2.14. The minimum atomic E-state index is -0.467. The number of methoxy groups -OCH3 is 1. The van der Waals surface area contributed by atoms with Crippen LogP contribution in [0, 0.1) is 0 Å². The molecule has 0 spiro atoms. The van der Waals surface area contributed by atoms with E-state index >= 15 is 0 Å². The molecule has 216 valence electrons. The molecule has 37 heavy (non-hydrogen) atoms. The van der Waals surface area contributed by atoms with Crippen molar-refractivity contribution in [1.29, 1.82) is 0 Å². The van der Waals surface area contributed by atoms with Crippen LogP contribution in [0.25, 0.3) is 0 Å². The normalized spacial score (nSPS) is 9.49. The SMILES string of the molecule is C=CC(=O)OCCCl.C=CC(=O)OCCOCCOCCOCCOC(=O)C=C.COCCOCCO. The molecule has 0 bridgehead atoms.